The molecule has 0 fully saturated rings. The number of hydrogen-bond donors (Lipinski definition) is 0. The predicted octanol–water partition coefficient (Wildman–Crippen LogP) is 3.96. The van der Waals surface area contributed by atoms with E-state index in [0.29, 0.717) is 43.4 Å². The Morgan fingerprint density at radius 1 is 0.950 bits per heavy atom. The van der Waals surface area contributed by atoms with Crippen LogP contribution in [0.25, 0.3) is 11.8 Å². The number of nitrogens with zero attached hydrogens (tertiary/aromatic N) is 2. The third kappa shape index (κ3) is 5.03. The standard InChI is InChI=1S/C31H28N2O6S/c1-5-39-30(35)26-27(19-10-7-6-8-11-19)32-31-33(28(26)20-12-9-13-22(16-20)36-2)29(34)25(40-31)18-21-17-23(37-3)14-15-24(21)38-4/h6-18,28H,5H2,1-4H3/t28-/m0/s1. The summed E-state index contributed by atoms with van der Waals surface area (Å²) in [7, 11) is 4.72. The number of carbonyl (C=O) groups excluding carboxylic acids is 1. The minimum atomic E-state index is -0.796. The quantitative estimate of drug-likeness (QED) is 0.306. The predicted molar refractivity (Wildman–Crippen MR) is 154 cm³/mol. The van der Waals surface area contributed by atoms with E-state index in [-0.39, 0.29) is 17.7 Å². The van der Waals surface area contributed by atoms with Gasteiger partial charge in [-0.05, 0) is 48.9 Å². The van der Waals surface area contributed by atoms with Crippen molar-refractivity contribution in [3.05, 3.63) is 115 Å². The molecule has 0 saturated carbocycles. The Labute approximate surface area is 235 Å². The van der Waals surface area contributed by atoms with Gasteiger partial charge in [-0.15, -0.1) is 0 Å². The van der Waals surface area contributed by atoms with Crippen molar-refractivity contribution in [2.45, 2.75) is 13.0 Å². The first-order chi connectivity index (χ1) is 19.5. The molecular weight excluding hydrogens is 528 g/mol. The first-order valence-electron chi connectivity index (χ1n) is 12.6. The largest absolute Gasteiger partial charge is 0.497 e. The van der Waals surface area contributed by atoms with Crippen LogP contribution in [0.5, 0.6) is 17.2 Å². The van der Waals surface area contributed by atoms with E-state index >= 15 is 0 Å². The van der Waals surface area contributed by atoms with Crippen molar-refractivity contribution in [3.8, 4) is 17.2 Å². The number of methoxy groups -OCH3 is 3. The minimum Gasteiger partial charge on any atom is -0.497 e. The molecular formula is C31H28N2O6S. The fraction of sp³-hybridized carbons (Fsp3) is 0.194. The molecule has 0 bridgehead atoms. The number of thiazole rings is 1. The molecule has 3 aromatic carbocycles. The second kappa shape index (κ2) is 11.6. The van der Waals surface area contributed by atoms with E-state index < -0.39 is 12.0 Å². The van der Waals surface area contributed by atoms with Crippen molar-refractivity contribution in [3.63, 3.8) is 0 Å². The van der Waals surface area contributed by atoms with Crippen LogP contribution >= 0.6 is 11.3 Å². The Kier molecular flexibility index (Phi) is 7.84. The lowest BCUT2D eigenvalue weighted by Crippen LogP contribution is -2.40. The van der Waals surface area contributed by atoms with Gasteiger partial charge >= 0.3 is 5.97 Å². The van der Waals surface area contributed by atoms with Gasteiger partial charge in [0.25, 0.3) is 5.56 Å². The van der Waals surface area contributed by atoms with Crippen molar-refractivity contribution in [2.24, 2.45) is 4.99 Å². The van der Waals surface area contributed by atoms with Gasteiger partial charge in [-0.2, -0.15) is 0 Å². The van der Waals surface area contributed by atoms with Crippen LogP contribution in [0.15, 0.2) is 88.2 Å². The van der Waals surface area contributed by atoms with Crippen LogP contribution in [-0.2, 0) is 9.53 Å². The molecule has 40 heavy (non-hydrogen) atoms. The fourth-order valence-corrected chi connectivity index (χ4v) is 5.65. The number of carbonyl (C=O) groups is 1. The number of ether oxygens (including phenoxy) is 4. The zero-order valence-electron chi connectivity index (χ0n) is 22.5. The number of benzene rings is 3. The normalized spacial score (nSPS) is 14.8. The van der Waals surface area contributed by atoms with Crippen LogP contribution in [-0.4, -0.2) is 38.5 Å². The maximum Gasteiger partial charge on any atom is 0.338 e. The SMILES string of the molecule is CCOC(=O)C1=C(c2ccccc2)N=c2sc(=Cc3cc(OC)ccc3OC)c(=O)n2[C@H]1c1cccc(OC)c1. The smallest absolute Gasteiger partial charge is 0.338 e. The Balaban J connectivity index is 1.84. The Hall–Kier alpha value is -4.63. The van der Waals surface area contributed by atoms with Gasteiger partial charge in [0, 0.05) is 11.1 Å². The van der Waals surface area contributed by atoms with Gasteiger partial charge in [0.2, 0.25) is 0 Å². The van der Waals surface area contributed by atoms with Crippen molar-refractivity contribution < 1.29 is 23.7 Å². The zero-order chi connectivity index (χ0) is 28.2. The average Bonchev–Trinajstić information content (AvgIpc) is 3.30. The fourth-order valence-electron chi connectivity index (χ4n) is 4.66. The van der Waals surface area contributed by atoms with Gasteiger partial charge in [-0.1, -0.05) is 53.8 Å². The van der Waals surface area contributed by atoms with E-state index in [1.165, 1.54) is 11.3 Å². The maximum atomic E-state index is 14.1. The summed E-state index contributed by atoms with van der Waals surface area (Å²) in [4.78, 5) is 33.0. The van der Waals surface area contributed by atoms with Crippen LogP contribution in [0.2, 0.25) is 0 Å². The maximum absolute atomic E-state index is 14.1. The van der Waals surface area contributed by atoms with Crippen LogP contribution in [0.3, 0.4) is 0 Å². The van der Waals surface area contributed by atoms with Crippen LogP contribution in [0, 0.1) is 0 Å². The van der Waals surface area contributed by atoms with Crippen LogP contribution in [0.1, 0.15) is 29.7 Å². The van der Waals surface area contributed by atoms with Gasteiger partial charge < -0.3 is 18.9 Å². The summed E-state index contributed by atoms with van der Waals surface area (Å²) in [5.74, 6) is 1.28. The second-order valence-electron chi connectivity index (χ2n) is 8.82. The van der Waals surface area contributed by atoms with E-state index in [4.69, 9.17) is 23.9 Å². The molecule has 4 aromatic rings. The summed E-state index contributed by atoms with van der Waals surface area (Å²) in [6.07, 6.45) is 1.75. The molecule has 0 saturated heterocycles. The molecule has 1 aliphatic heterocycles. The second-order valence-corrected chi connectivity index (χ2v) is 9.83. The summed E-state index contributed by atoms with van der Waals surface area (Å²) in [6.45, 7) is 1.92. The van der Waals surface area contributed by atoms with E-state index in [0.717, 1.165) is 5.56 Å². The molecule has 8 nitrogen and oxygen atoms in total. The Morgan fingerprint density at radius 2 is 1.70 bits per heavy atom. The highest BCUT2D eigenvalue weighted by Crippen LogP contribution is 2.36. The molecule has 0 N–H and O–H groups in total. The van der Waals surface area contributed by atoms with Gasteiger partial charge in [-0.25, -0.2) is 9.79 Å². The van der Waals surface area contributed by atoms with E-state index in [1.807, 2.05) is 54.6 Å². The highest BCUT2D eigenvalue weighted by atomic mass is 32.1. The third-order valence-electron chi connectivity index (χ3n) is 6.51. The first-order valence-corrected chi connectivity index (χ1v) is 13.4. The number of rotatable bonds is 8. The summed E-state index contributed by atoms with van der Waals surface area (Å²) in [6, 6.07) is 21.3. The molecule has 2 heterocycles. The monoisotopic (exact) mass is 556 g/mol. The molecule has 9 heteroatoms. The van der Waals surface area contributed by atoms with Crippen molar-refractivity contribution >= 4 is 29.1 Å². The third-order valence-corrected chi connectivity index (χ3v) is 7.49. The number of esters is 1. The number of fused-ring (bicyclic) bond motifs is 1. The molecule has 0 aliphatic carbocycles. The van der Waals surface area contributed by atoms with Crippen LogP contribution < -0.4 is 29.1 Å². The Bertz CT molecular complexity index is 1770. The lowest BCUT2D eigenvalue weighted by Gasteiger charge is -2.26. The molecule has 1 aliphatic rings. The van der Waals surface area contributed by atoms with E-state index in [1.54, 1.807) is 57.1 Å². The number of hydrogen-bond acceptors (Lipinski definition) is 8. The minimum absolute atomic E-state index is 0.176. The molecule has 0 unspecified atom stereocenters. The number of aromatic nitrogens is 1. The highest BCUT2D eigenvalue weighted by molar-refractivity contribution is 7.07. The van der Waals surface area contributed by atoms with Crippen molar-refractivity contribution in [2.75, 3.05) is 27.9 Å². The summed E-state index contributed by atoms with van der Waals surface area (Å²) in [5.41, 5.74) is 2.55. The molecule has 1 aromatic heterocycles. The summed E-state index contributed by atoms with van der Waals surface area (Å²) in [5, 5.41) is 0. The van der Waals surface area contributed by atoms with Gasteiger partial charge in [0.05, 0.1) is 49.8 Å². The van der Waals surface area contributed by atoms with Gasteiger partial charge in [0.15, 0.2) is 4.80 Å². The summed E-state index contributed by atoms with van der Waals surface area (Å²) < 4.78 is 23.9. The Morgan fingerprint density at radius 3 is 2.40 bits per heavy atom. The molecule has 204 valence electrons. The average molecular weight is 557 g/mol. The first kappa shape index (κ1) is 27.0. The van der Waals surface area contributed by atoms with Gasteiger partial charge in [0.1, 0.15) is 17.2 Å². The molecule has 0 spiro atoms. The summed E-state index contributed by atoms with van der Waals surface area (Å²) >= 11 is 1.24. The lowest BCUT2D eigenvalue weighted by molar-refractivity contribution is -0.138. The van der Waals surface area contributed by atoms with Gasteiger partial charge in [-0.3, -0.25) is 9.36 Å². The van der Waals surface area contributed by atoms with Crippen molar-refractivity contribution in [1.29, 1.82) is 0 Å². The van der Waals surface area contributed by atoms with E-state index in [2.05, 4.69) is 0 Å². The lowest BCUT2D eigenvalue weighted by atomic mass is 9.93. The zero-order valence-corrected chi connectivity index (χ0v) is 23.4. The van der Waals surface area contributed by atoms with Crippen LogP contribution in [0.4, 0.5) is 0 Å². The molecule has 0 radical (unpaired) electrons. The molecule has 5 rings (SSSR count). The highest BCUT2D eigenvalue weighted by Gasteiger charge is 2.35. The topological polar surface area (TPSA) is 88.4 Å². The molecule has 1 atom stereocenters. The molecule has 0 amide bonds. The van der Waals surface area contributed by atoms with E-state index in [9.17, 15) is 9.59 Å². The van der Waals surface area contributed by atoms with Crippen molar-refractivity contribution in [1.82, 2.24) is 4.57 Å².